The highest BCUT2D eigenvalue weighted by atomic mass is 35.5. The van der Waals surface area contributed by atoms with Gasteiger partial charge >= 0.3 is 0 Å². The summed E-state index contributed by atoms with van der Waals surface area (Å²) in [4.78, 5) is 26.6. The number of carbonyl (C=O) groups is 2. The SMILES string of the molecule is O=C(Nc1ccc(C(=O)N2CCCC2)cc1)c1cc(-c2ccccc2Cl)on1. The van der Waals surface area contributed by atoms with Crippen molar-refractivity contribution in [1.29, 1.82) is 0 Å². The Morgan fingerprint density at radius 3 is 2.46 bits per heavy atom. The average Bonchev–Trinajstić information content (AvgIpc) is 3.41. The number of carbonyl (C=O) groups excluding carboxylic acids is 2. The number of halogens is 1. The Balaban J connectivity index is 1.44. The first kappa shape index (κ1) is 18.3. The minimum Gasteiger partial charge on any atom is -0.355 e. The molecule has 28 heavy (non-hydrogen) atoms. The molecule has 0 radical (unpaired) electrons. The van der Waals surface area contributed by atoms with Crippen LogP contribution in [0.3, 0.4) is 0 Å². The van der Waals surface area contributed by atoms with Gasteiger partial charge in [0.15, 0.2) is 11.5 Å². The van der Waals surface area contributed by atoms with E-state index >= 15 is 0 Å². The molecule has 3 aromatic rings. The summed E-state index contributed by atoms with van der Waals surface area (Å²) in [5.41, 5.74) is 2.00. The van der Waals surface area contributed by atoms with Crippen molar-refractivity contribution in [3.63, 3.8) is 0 Å². The molecule has 4 rings (SSSR count). The Labute approximate surface area is 167 Å². The zero-order valence-electron chi connectivity index (χ0n) is 15.0. The molecule has 1 fully saturated rings. The molecule has 1 saturated heterocycles. The predicted octanol–water partition coefficient (Wildman–Crippen LogP) is 4.48. The highest BCUT2D eigenvalue weighted by Gasteiger charge is 2.20. The van der Waals surface area contributed by atoms with Crippen molar-refractivity contribution in [2.75, 3.05) is 18.4 Å². The summed E-state index contributed by atoms with van der Waals surface area (Å²) < 4.78 is 5.25. The van der Waals surface area contributed by atoms with Crippen molar-refractivity contribution in [3.8, 4) is 11.3 Å². The van der Waals surface area contributed by atoms with Crippen LogP contribution in [0, 0.1) is 0 Å². The maximum absolute atomic E-state index is 12.4. The van der Waals surface area contributed by atoms with E-state index < -0.39 is 5.91 Å². The van der Waals surface area contributed by atoms with E-state index in [1.807, 2.05) is 17.0 Å². The summed E-state index contributed by atoms with van der Waals surface area (Å²) in [6, 6.07) is 15.6. The number of likely N-dealkylation sites (tertiary alicyclic amines) is 1. The number of amides is 2. The zero-order valence-corrected chi connectivity index (χ0v) is 15.8. The number of rotatable bonds is 4. The van der Waals surface area contributed by atoms with Crippen LogP contribution in [-0.4, -0.2) is 35.0 Å². The lowest BCUT2D eigenvalue weighted by Crippen LogP contribution is -2.27. The first-order valence-corrected chi connectivity index (χ1v) is 9.42. The van der Waals surface area contributed by atoms with E-state index in [0.717, 1.165) is 25.9 Å². The molecule has 0 unspecified atom stereocenters. The third-order valence-corrected chi connectivity index (χ3v) is 4.99. The molecule has 0 bridgehead atoms. The highest BCUT2D eigenvalue weighted by Crippen LogP contribution is 2.28. The number of anilines is 1. The van der Waals surface area contributed by atoms with Crippen LogP contribution in [0.5, 0.6) is 0 Å². The van der Waals surface area contributed by atoms with Gasteiger partial charge in [-0.05, 0) is 49.2 Å². The molecule has 1 aromatic heterocycles. The third kappa shape index (κ3) is 3.77. The molecule has 2 heterocycles. The normalized spacial score (nSPS) is 13.5. The van der Waals surface area contributed by atoms with E-state index in [1.165, 1.54) is 0 Å². The average molecular weight is 396 g/mol. The Kier molecular flexibility index (Phi) is 5.12. The molecule has 7 heteroatoms. The molecule has 142 valence electrons. The van der Waals surface area contributed by atoms with Gasteiger partial charge in [-0.3, -0.25) is 9.59 Å². The standard InChI is InChI=1S/C21H18ClN3O3/c22-17-6-2-1-5-16(17)19-13-18(24-28-19)20(26)23-15-9-7-14(8-10-15)21(27)25-11-3-4-12-25/h1-2,5-10,13H,3-4,11-12H2,(H,23,26). The summed E-state index contributed by atoms with van der Waals surface area (Å²) in [5, 5.41) is 7.09. The maximum atomic E-state index is 12.4. The molecule has 0 atom stereocenters. The summed E-state index contributed by atoms with van der Waals surface area (Å²) in [7, 11) is 0. The van der Waals surface area contributed by atoms with Crippen LogP contribution in [-0.2, 0) is 0 Å². The van der Waals surface area contributed by atoms with Crippen LogP contribution in [0.25, 0.3) is 11.3 Å². The Hall–Kier alpha value is -3.12. The Bertz CT molecular complexity index is 1010. The van der Waals surface area contributed by atoms with Crippen molar-refractivity contribution in [1.82, 2.24) is 10.1 Å². The largest absolute Gasteiger partial charge is 0.355 e. The van der Waals surface area contributed by atoms with Crippen LogP contribution in [0.15, 0.2) is 59.1 Å². The molecule has 6 nitrogen and oxygen atoms in total. The number of aromatic nitrogens is 1. The third-order valence-electron chi connectivity index (χ3n) is 4.67. The number of benzene rings is 2. The fourth-order valence-electron chi connectivity index (χ4n) is 3.16. The van der Waals surface area contributed by atoms with Gasteiger partial charge in [-0.2, -0.15) is 0 Å². The van der Waals surface area contributed by atoms with E-state index in [-0.39, 0.29) is 11.6 Å². The van der Waals surface area contributed by atoms with E-state index in [2.05, 4.69) is 10.5 Å². The van der Waals surface area contributed by atoms with E-state index in [4.69, 9.17) is 16.1 Å². The van der Waals surface area contributed by atoms with Gasteiger partial charge < -0.3 is 14.7 Å². The van der Waals surface area contributed by atoms with Gasteiger partial charge in [-0.1, -0.05) is 28.9 Å². The van der Waals surface area contributed by atoms with Crippen molar-refractivity contribution in [3.05, 3.63) is 70.9 Å². The first-order chi connectivity index (χ1) is 13.6. The summed E-state index contributed by atoms with van der Waals surface area (Å²) in [6.45, 7) is 1.61. The Morgan fingerprint density at radius 1 is 1.04 bits per heavy atom. The van der Waals surface area contributed by atoms with Gasteiger partial charge in [-0.15, -0.1) is 0 Å². The maximum Gasteiger partial charge on any atom is 0.277 e. The molecule has 1 aliphatic rings. The second kappa shape index (κ2) is 7.86. The monoisotopic (exact) mass is 395 g/mol. The summed E-state index contributed by atoms with van der Waals surface area (Å²) >= 11 is 6.15. The summed E-state index contributed by atoms with van der Waals surface area (Å²) in [6.07, 6.45) is 2.10. The topological polar surface area (TPSA) is 75.4 Å². The Morgan fingerprint density at radius 2 is 1.75 bits per heavy atom. The molecule has 1 N–H and O–H groups in total. The zero-order chi connectivity index (χ0) is 19.5. The molecular formula is C21H18ClN3O3. The molecule has 1 aliphatic heterocycles. The second-order valence-electron chi connectivity index (χ2n) is 6.59. The number of nitrogens with one attached hydrogen (secondary N) is 1. The van der Waals surface area contributed by atoms with Gasteiger partial charge in [-0.25, -0.2) is 0 Å². The minimum absolute atomic E-state index is 0.0243. The van der Waals surface area contributed by atoms with Crippen molar-refractivity contribution in [2.24, 2.45) is 0 Å². The highest BCUT2D eigenvalue weighted by molar-refractivity contribution is 6.33. The lowest BCUT2D eigenvalue weighted by molar-refractivity contribution is 0.0792. The van der Waals surface area contributed by atoms with Crippen molar-refractivity contribution in [2.45, 2.75) is 12.8 Å². The van der Waals surface area contributed by atoms with Crippen LogP contribution in [0.2, 0.25) is 5.02 Å². The fourth-order valence-corrected chi connectivity index (χ4v) is 3.39. The van der Waals surface area contributed by atoms with Gasteiger partial charge in [0.25, 0.3) is 11.8 Å². The second-order valence-corrected chi connectivity index (χ2v) is 6.99. The molecule has 0 aliphatic carbocycles. The van der Waals surface area contributed by atoms with Crippen LogP contribution in [0.1, 0.15) is 33.7 Å². The molecular weight excluding hydrogens is 378 g/mol. The van der Waals surface area contributed by atoms with Crippen LogP contribution >= 0.6 is 11.6 Å². The van der Waals surface area contributed by atoms with E-state index in [9.17, 15) is 9.59 Å². The number of hydrogen-bond acceptors (Lipinski definition) is 4. The molecule has 2 amide bonds. The number of hydrogen-bond donors (Lipinski definition) is 1. The van der Waals surface area contributed by atoms with Gasteiger partial charge in [0.05, 0.1) is 5.02 Å². The van der Waals surface area contributed by atoms with E-state index in [0.29, 0.717) is 27.6 Å². The van der Waals surface area contributed by atoms with Crippen LogP contribution in [0.4, 0.5) is 5.69 Å². The van der Waals surface area contributed by atoms with Crippen molar-refractivity contribution >= 4 is 29.1 Å². The van der Waals surface area contributed by atoms with Gasteiger partial charge in [0, 0.05) is 36.0 Å². The minimum atomic E-state index is -0.402. The fraction of sp³-hybridized carbons (Fsp3) is 0.190. The first-order valence-electron chi connectivity index (χ1n) is 9.04. The smallest absolute Gasteiger partial charge is 0.277 e. The van der Waals surface area contributed by atoms with Crippen LogP contribution < -0.4 is 5.32 Å². The van der Waals surface area contributed by atoms with Gasteiger partial charge in [0.2, 0.25) is 0 Å². The molecule has 0 spiro atoms. The molecule has 2 aromatic carbocycles. The lowest BCUT2D eigenvalue weighted by atomic mass is 10.1. The quantitative estimate of drug-likeness (QED) is 0.706. The summed E-state index contributed by atoms with van der Waals surface area (Å²) in [5.74, 6) is 0.0410. The molecule has 0 saturated carbocycles. The lowest BCUT2D eigenvalue weighted by Gasteiger charge is -2.15. The predicted molar refractivity (Wildman–Crippen MR) is 106 cm³/mol. The van der Waals surface area contributed by atoms with Crippen molar-refractivity contribution < 1.29 is 14.1 Å². The van der Waals surface area contributed by atoms with E-state index in [1.54, 1.807) is 42.5 Å². The van der Waals surface area contributed by atoms with Gasteiger partial charge in [0.1, 0.15) is 0 Å². The number of nitrogens with zero attached hydrogens (tertiary/aromatic N) is 2.